The highest BCUT2D eigenvalue weighted by Gasteiger charge is 2.31. The number of ether oxygens (including phenoxy) is 2. The van der Waals surface area contributed by atoms with E-state index >= 15 is 0 Å². The Bertz CT molecular complexity index is 1140. The van der Waals surface area contributed by atoms with Crippen molar-refractivity contribution < 1.29 is 32.2 Å². The Balaban J connectivity index is 2.36. The molecule has 0 radical (unpaired) electrons. The lowest BCUT2D eigenvalue weighted by Crippen LogP contribution is -2.37. The van der Waals surface area contributed by atoms with Crippen molar-refractivity contribution in [3.05, 3.63) is 35.4 Å². The van der Waals surface area contributed by atoms with Crippen LogP contribution in [-0.4, -0.2) is 54.1 Å². The van der Waals surface area contributed by atoms with Crippen molar-refractivity contribution in [3.8, 4) is 6.07 Å². The molecule has 37 heavy (non-hydrogen) atoms. The Kier molecular flexibility index (Phi) is 10.8. The van der Waals surface area contributed by atoms with Gasteiger partial charge in [0.05, 0.1) is 5.56 Å². The highest BCUT2D eigenvalue weighted by Crippen LogP contribution is 2.31. The number of methoxy groups -OCH3 is 1. The molecular formula is C22H26F3N7O4S. The minimum atomic E-state index is -4.60. The van der Waals surface area contributed by atoms with Crippen LogP contribution >= 0.6 is 11.8 Å². The van der Waals surface area contributed by atoms with Crippen molar-refractivity contribution >= 4 is 41.2 Å². The number of benzene rings is 1. The zero-order chi connectivity index (χ0) is 27.6. The average Bonchev–Trinajstić information content (AvgIpc) is 2.83. The summed E-state index contributed by atoms with van der Waals surface area (Å²) in [5, 5.41) is 15.2. The molecule has 6 N–H and O–H groups in total. The minimum Gasteiger partial charge on any atom is -0.446 e. The van der Waals surface area contributed by atoms with Crippen molar-refractivity contribution in [2.24, 2.45) is 5.73 Å². The van der Waals surface area contributed by atoms with Crippen molar-refractivity contribution in [1.82, 2.24) is 9.97 Å². The quantitative estimate of drug-likeness (QED) is 0.230. The molecule has 1 unspecified atom stereocenters. The molecule has 1 heterocycles. The predicted octanol–water partition coefficient (Wildman–Crippen LogP) is 3.37. The number of rotatable bonds is 12. The molecule has 200 valence electrons. The van der Waals surface area contributed by atoms with E-state index in [0.29, 0.717) is 0 Å². The van der Waals surface area contributed by atoms with E-state index in [1.54, 1.807) is 6.26 Å². The van der Waals surface area contributed by atoms with Crippen molar-refractivity contribution in [2.45, 2.75) is 42.6 Å². The van der Waals surface area contributed by atoms with E-state index in [-0.39, 0.29) is 53.9 Å². The number of aromatic nitrogens is 2. The fourth-order valence-electron chi connectivity index (χ4n) is 3.27. The van der Waals surface area contributed by atoms with E-state index in [1.807, 2.05) is 6.07 Å². The van der Waals surface area contributed by atoms with Gasteiger partial charge in [0.2, 0.25) is 11.9 Å². The third-order valence-corrected chi connectivity index (χ3v) is 5.67. The number of anilines is 3. The fourth-order valence-corrected chi connectivity index (χ4v) is 3.81. The first-order valence-electron chi connectivity index (χ1n) is 10.8. The first-order valence-corrected chi connectivity index (χ1v) is 12.0. The molecule has 0 aliphatic rings. The zero-order valence-electron chi connectivity index (χ0n) is 20.0. The second-order valence-electron chi connectivity index (χ2n) is 7.61. The van der Waals surface area contributed by atoms with Gasteiger partial charge in [-0.25, -0.2) is 9.78 Å². The van der Waals surface area contributed by atoms with Crippen LogP contribution in [0.25, 0.3) is 0 Å². The highest BCUT2D eigenvalue weighted by atomic mass is 32.2. The van der Waals surface area contributed by atoms with Gasteiger partial charge in [0.15, 0.2) is 5.82 Å². The third kappa shape index (κ3) is 8.99. The molecule has 0 bridgehead atoms. The SMILES string of the molecule is COCCC(CC[C@H](Nc1nc(N)nc(SC)c1C#N)C(=O)Nc1cccc(C(F)(F)F)c1)OC(N)=O. The number of primary amides is 1. The van der Waals surface area contributed by atoms with Crippen LogP contribution in [0.2, 0.25) is 0 Å². The maximum absolute atomic E-state index is 13.2. The molecule has 1 aromatic heterocycles. The maximum Gasteiger partial charge on any atom is 0.416 e. The Morgan fingerprint density at radius 1 is 1.24 bits per heavy atom. The van der Waals surface area contributed by atoms with Crippen LogP contribution in [-0.2, 0) is 20.4 Å². The maximum atomic E-state index is 13.2. The molecule has 0 aliphatic carbocycles. The summed E-state index contributed by atoms with van der Waals surface area (Å²) in [4.78, 5) is 32.5. The monoisotopic (exact) mass is 541 g/mol. The fraction of sp³-hybridized carbons (Fsp3) is 0.409. The number of alkyl halides is 3. The molecule has 0 saturated carbocycles. The molecule has 2 amide bonds. The Hall–Kier alpha value is -3.77. The van der Waals surface area contributed by atoms with Crippen molar-refractivity contribution in [1.29, 1.82) is 5.26 Å². The normalized spacial score (nSPS) is 12.8. The predicted molar refractivity (Wildman–Crippen MR) is 131 cm³/mol. The lowest BCUT2D eigenvalue weighted by Gasteiger charge is -2.23. The lowest BCUT2D eigenvalue weighted by atomic mass is 10.0. The zero-order valence-corrected chi connectivity index (χ0v) is 20.8. The van der Waals surface area contributed by atoms with Crippen LogP contribution in [0.3, 0.4) is 0 Å². The van der Waals surface area contributed by atoms with Crippen LogP contribution in [0.4, 0.5) is 35.4 Å². The second kappa shape index (κ2) is 13.5. The number of halogens is 3. The number of nitriles is 1. The van der Waals surface area contributed by atoms with Gasteiger partial charge < -0.3 is 31.6 Å². The van der Waals surface area contributed by atoms with Gasteiger partial charge in [-0.2, -0.15) is 23.4 Å². The average molecular weight is 542 g/mol. The van der Waals surface area contributed by atoms with Crippen LogP contribution in [0.15, 0.2) is 29.3 Å². The molecule has 0 aliphatic heterocycles. The molecule has 2 aromatic rings. The lowest BCUT2D eigenvalue weighted by molar-refractivity contribution is -0.137. The Morgan fingerprint density at radius 2 is 1.97 bits per heavy atom. The highest BCUT2D eigenvalue weighted by molar-refractivity contribution is 7.98. The summed E-state index contributed by atoms with van der Waals surface area (Å²) in [5.41, 5.74) is 9.88. The van der Waals surface area contributed by atoms with Gasteiger partial charge in [0.25, 0.3) is 0 Å². The van der Waals surface area contributed by atoms with Gasteiger partial charge in [-0.1, -0.05) is 6.07 Å². The van der Waals surface area contributed by atoms with E-state index in [9.17, 15) is 28.0 Å². The molecule has 0 saturated heterocycles. The summed E-state index contributed by atoms with van der Waals surface area (Å²) in [7, 11) is 1.46. The smallest absolute Gasteiger partial charge is 0.416 e. The molecule has 0 spiro atoms. The van der Waals surface area contributed by atoms with Crippen LogP contribution in [0.1, 0.15) is 30.4 Å². The summed E-state index contributed by atoms with van der Waals surface area (Å²) in [6.45, 7) is 0.241. The van der Waals surface area contributed by atoms with Crippen molar-refractivity contribution in [3.63, 3.8) is 0 Å². The Morgan fingerprint density at radius 3 is 2.57 bits per heavy atom. The summed E-state index contributed by atoms with van der Waals surface area (Å²) >= 11 is 1.14. The summed E-state index contributed by atoms with van der Waals surface area (Å²) in [5.74, 6) is -0.915. The van der Waals surface area contributed by atoms with Gasteiger partial charge in [0, 0.05) is 25.8 Å². The third-order valence-electron chi connectivity index (χ3n) is 4.99. The number of nitrogens with two attached hydrogens (primary N) is 2. The number of amides is 2. The molecule has 2 atom stereocenters. The van der Waals surface area contributed by atoms with Crippen LogP contribution < -0.4 is 22.1 Å². The molecule has 11 nitrogen and oxygen atoms in total. The number of hydrogen-bond donors (Lipinski definition) is 4. The van der Waals surface area contributed by atoms with E-state index < -0.39 is 35.9 Å². The number of carbonyl (C=O) groups excluding carboxylic acids is 2. The van der Waals surface area contributed by atoms with Gasteiger partial charge >= 0.3 is 12.3 Å². The number of nitrogens with one attached hydrogen (secondary N) is 2. The molecule has 15 heteroatoms. The largest absolute Gasteiger partial charge is 0.446 e. The number of nitrogens with zero attached hydrogens (tertiary/aromatic N) is 3. The topological polar surface area (TPSA) is 178 Å². The molecule has 2 rings (SSSR count). The van der Waals surface area contributed by atoms with Gasteiger partial charge in [-0.15, -0.1) is 11.8 Å². The number of hydrogen-bond acceptors (Lipinski definition) is 10. The first kappa shape index (κ1) is 29.5. The van der Waals surface area contributed by atoms with E-state index in [0.717, 1.165) is 30.0 Å². The first-order chi connectivity index (χ1) is 17.5. The van der Waals surface area contributed by atoms with Crippen LogP contribution in [0, 0.1) is 11.3 Å². The number of thioether (sulfide) groups is 1. The molecular weight excluding hydrogens is 515 g/mol. The van der Waals surface area contributed by atoms with Gasteiger partial charge in [-0.05, 0) is 37.3 Å². The van der Waals surface area contributed by atoms with Crippen LogP contribution in [0.5, 0.6) is 0 Å². The Labute approximate surface area is 215 Å². The number of carbonyl (C=O) groups is 2. The molecule has 1 aromatic carbocycles. The van der Waals surface area contributed by atoms with Gasteiger partial charge in [0.1, 0.15) is 28.8 Å². The van der Waals surface area contributed by atoms with E-state index in [1.165, 1.54) is 13.2 Å². The molecule has 0 fully saturated rings. The van der Waals surface area contributed by atoms with E-state index in [4.69, 9.17) is 20.9 Å². The number of nitrogen functional groups attached to an aromatic ring is 1. The standard InChI is InChI=1S/C22H26F3N7O4S/c1-35-9-8-14(36-21(28)34)6-7-16(30-17-15(11-26)19(37-2)32-20(27)31-17)18(33)29-13-5-3-4-12(10-13)22(23,24)25/h3-5,10,14,16H,6-9H2,1-2H3,(H2,28,34)(H,29,33)(H3,27,30,31,32)/t14?,16-/m0/s1. The van der Waals surface area contributed by atoms with Crippen molar-refractivity contribution in [2.75, 3.05) is 36.3 Å². The summed E-state index contributed by atoms with van der Waals surface area (Å²) in [6.07, 6.45) is -4.25. The van der Waals surface area contributed by atoms with E-state index in [2.05, 4.69) is 20.6 Å². The second-order valence-corrected chi connectivity index (χ2v) is 8.40. The summed E-state index contributed by atoms with van der Waals surface area (Å²) < 4.78 is 49.4. The summed E-state index contributed by atoms with van der Waals surface area (Å²) in [6, 6.07) is 4.95. The van der Waals surface area contributed by atoms with Gasteiger partial charge in [-0.3, -0.25) is 4.79 Å². The minimum absolute atomic E-state index is 0.00976.